The molecule has 0 aromatic heterocycles. The number of hydrazine groups is 1. The number of rotatable bonds is 2. The van der Waals surface area contributed by atoms with Crippen LogP contribution < -0.4 is 11.3 Å². The van der Waals surface area contributed by atoms with E-state index in [0.717, 1.165) is 0 Å². The average Bonchev–Trinajstić information content (AvgIpc) is 1.91. The fourth-order valence-corrected chi connectivity index (χ4v) is 0.612. The van der Waals surface area contributed by atoms with Crippen LogP contribution in [0, 0.1) is 0 Å². The summed E-state index contributed by atoms with van der Waals surface area (Å²) in [6.07, 6.45) is -1.22. The van der Waals surface area contributed by atoms with Crippen molar-refractivity contribution in [2.24, 2.45) is 5.84 Å². The molecule has 0 atom stereocenters. The van der Waals surface area contributed by atoms with E-state index < -0.39 is 6.09 Å². The van der Waals surface area contributed by atoms with Crippen molar-refractivity contribution in [2.75, 3.05) is 11.5 Å². The van der Waals surface area contributed by atoms with Crippen molar-refractivity contribution in [2.45, 2.75) is 13.8 Å². The monoisotopic (exact) mass is 190 g/mol. The van der Waals surface area contributed by atoms with E-state index in [1.54, 1.807) is 0 Å². The Kier molecular flexibility index (Phi) is 27.1. The molecule has 0 rings (SSSR count). The minimum absolute atomic E-state index is 0. The number of carboxylic acid groups (broad SMARTS) is 1. The van der Waals surface area contributed by atoms with Crippen molar-refractivity contribution in [1.82, 2.24) is 5.43 Å². The molecule has 0 aromatic rings. The Morgan fingerprint density at radius 3 is 1.82 bits per heavy atom. The zero-order valence-corrected chi connectivity index (χ0v) is 7.07. The third kappa shape index (κ3) is 37.1. The van der Waals surface area contributed by atoms with Crippen LogP contribution >= 0.6 is 11.8 Å². The molecule has 0 radical (unpaired) electrons. The first-order valence-electron chi connectivity index (χ1n) is 2.96. The number of carbonyl (C=O) groups is 1. The van der Waals surface area contributed by atoms with Gasteiger partial charge in [-0.05, 0) is 11.5 Å². The van der Waals surface area contributed by atoms with Gasteiger partial charge in [-0.1, -0.05) is 13.8 Å². The summed E-state index contributed by atoms with van der Waals surface area (Å²) in [4.78, 5) is 9.13. The molecule has 0 heterocycles. The molecule has 0 spiro atoms. The summed E-state index contributed by atoms with van der Waals surface area (Å²) < 4.78 is 0. The number of hydrogen-bond acceptors (Lipinski definition) is 3. The van der Waals surface area contributed by atoms with Gasteiger partial charge in [0.2, 0.25) is 0 Å². The van der Waals surface area contributed by atoms with Crippen LogP contribution in [0.25, 0.3) is 0 Å². The Morgan fingerprint density at radius 2 is 1.82 bits per heavy atom. The summed E-state index contributed by atoms with van der Waals surface area (Å²) >= 11 is 1.96. The van der Waals surface area contributed by atoms with Gasteiger partial charge in [0.05, 0.1) is 0 Å². The van der Waals surface area contributed by atoms with E-state index in [1.165, 1.54) is 16.9 Å². The third-order valence-electron chi connectivity index (χ3n) is 0.532. The Morgan fingerprint density at radius 1 is 1.55 bits per heavy atom. The topological polar surface area (TPSA) is 75.3 Å². The van der Waals surface area contributed by atoms with Crippen molar-refractivity contribution >= 4 is 47.4 Å². The molecule has 0 aromatic carbocycles. The molecule has 0 fully saturated rings. The standard InChI is InChI=1S/C4H10S.CH4N2O2.Na.H/c1-3-5-4-2;2-3-1(4)5;;/h3-4H2,1-2H3;3H,2H2,(H,4,5);;. The molecule has 6 heteroatoms. The van der Waals surface area contributed by atoms with Crippen LogP contribution in [-0.4, -0.2) is 52.3 Å². The van der Waals surface area contributed by atoms with Crippen LogP contribution in [-0.2, 0) is 0 Å². The van der Waals surface area contributed by atoms with Gasteiger partial charge in [0.1, 0.15) is 0 Å². The second-order valence-corrected chi connectivity index (χ2v) is 2.79. The molecule has 0 bridgehead atoms. The molecule has 1 amide bonds. The maximum absolute atomic E-state index is 9.13. The fraction of sp³-hybridized carbons (Fsp3) is 0.800. The van der Waals surface area contributed by atoms with Crippen LogP contribution in [0.15, 0.2) is 0 Å². The second-order valence-electron chi connectivity index (χ2n) is 1.23. The third-order valence-corrected chi connectivity index (χ3v) is 1.35. The van der Waals surface area contributed by atoms with Crippen LogP contribution in [0.2, 0.25) is 0 Å². The molecular weight excluding hydrogens is 175 g/mol. The SMILES string of the molecule is CCSCC.NNC(=O)O.[NaH]. The summed E-state index contributed by atoms with van der Waals surface area (Å²) in [6, 6.07) is 0. The van der Waals surface area contributed by atoms with Crippen molar-refractivity contribution in [3.63, 3.8) is 0 Å². The van der Waals surface area contributed by atoms with Gasteiger partial charge in [-0.2, -0.15) is 11.8 Å². The molecule has 0 saturated heterocycles. The van der Waals surface area contributed by atoms with E-state index in [4.69, 9.17) is 9.90 Å². The maximum atomic E-state index is 9.13. The Labute approximate surface area is 93.6 Å². The number of amides is 1. The normalized spacial score (nSPS) is 6.82. The Bertz CT molecular complexity index is 82.9. The molecular formula is C5H15N2NaO2S. The van der Waals surface area contributed by atoms with Gasteiger partial charge in [-0.25, -0.2) is 10.6 Å². The summed E-state index contributed by atoms with van der Waals surface area (Å²) in [5.41, 5.74) is 1.44. The second kappa shape index (κ2) is 16.9. The van der Waals surface area contributed by atoms with E-state index in [2.05, 4.69) is 19.7 Å². The van der Waals surface area contributed by atoms with E-state index in [9.17, 15) is 0 Å². The van der Waals surface area contributed by atoms with Crippen molar-refractivity contribution in [3.8, 4) is 0 Å². The Hall–Kier alpha value is 0.580. The molecule has 0 aliphatic carbocycles. The van der Waals surface area contributed by atoms with Gasteiger partial charge in [0, 0.05) is 0 Å². The van der Waals surface area contributed by atoms with E-state index in [1.807, 2.05) is 11.8 Å². The first-order chi connectivity index (χ1) is 4.68. The van der Waals surface area contributed by atoms with Crippen molar-refractivity contribution in [3.05, 3.63) is 0 Å². The van der Waals surface area contributed by atoms with Gasteiger partial charge in [0.25, 0.3) is 0 Å². The summed E-state index contributed by atoms with van der Waals surface area (Å²) in [5.74, 6) is 6.84. The first kappa shape index (κ1) is 17.6. The summed E-state index contributed by atoms with van der Waals surface area (Å²) in [5, 5.41) is 7.49. The van der Waals surface area contributed by atoms with Gasteiger partial charge in [0.15, 0.2) is 0 Å². The number of thioether (sulfide) groups is 1. The molecule has 0 saturated carbocycles. The molecule has 0 aliphatic heterocycles. The first-order valence-corrected chi connectivity index (χ1v) is 4.11. The van der Waals surface area contributed by atoms with Gasteiger partial charge in [-0.3, -0.25) is 5.43 Å². The quantitative estimate of drug-likeness (QED) is 0.252. The van der Waals surface area contributed by atoms with Gasteiger partial charge >= 0.3 is 35.7 Å². The molecule has 0 unspecified atom stereocenters. The van der Waals surface area contributed by atoms with Crippen LogP contribution in [0.4, 0.5) is 4.79 Å². The molecule has 11 heavy (non-hydrogen) atoms. The van der Waals surface area contributed by atoms with Crippen molar-refractivity contribution < 1.29 is 9.90 Å². The number of nitrogens with one attached hydrogen (secondary N) is 1. The van der Waals surface area contributed by atoms with Crippen LogP contribution in [0.1, 0.15) is 13.8 Å². The summed E-state index contributed by atoms with van der Waals surface area (Å²) in [6.45, 7) is 4.35. The zero-order valence-electron chi connectivity index (χ0n) is 6.26. The molecule has 4 N–H and O–H groups in total. The predicted octanol–water partition coefficient (Wildman–Crippen LogP) is 0.239. The average molecular weight is 190 g/mol. The zero-order chi connectivity index (χ0) is 8.41. The van der Waals surface area contributed by atoms with Gasteiger partial charge < -0.3 is 5.11 Å². The van der Waals surface area contributed by atoms with E-state index in [-0.39, 0.29) is 29.6 Å². The van der Waals surface area contributed by atoms with E-state index >= 15 is 0 Å². The molecule has 64 valence electrons. The molecule has 4 nitrogen and oxygen atoms in total. The molecule has 0 aliphatic rings. The van der Waals surface area contributed by atoms with Crippen molar-refractivity contribution in [1.29, 1.82) is 0 Å². The van der Waals surface area contributed by atoms with Crippen LogP contribution in [0.3, 0.4) is 0 Å². The Balaban J connectivity index is -0.000000107. The summed E-state index contributed by atoms with van der Waals surface area (Å²) in [7, 11) is 0. The van der Waals surface area contributed by atoms with E-state index in [0.29, 0.717) is 0 Å². The number of hydrogen-bond donors (Lipinski definition) is 3. The van der Waals surface area contributed by atoms with Gasteiger partial charge in [-0.15, -0.1) is 0 Å². The minimum atomic E-state index is -1.22. The van der Waals surface area contributed by atoms with Crippen LogP contribution in [0.5, 0.6) is 0 Å². The predicted molar refractivity (Wildman–Crippen MR) is 51.2 cm³/mol. The number of nitrogens with two attached hydrogens (primary N) is 1. The fourth-order valence-electron chi connectivity index (χ4n) is 0.204.